The molecule has 0 unspecified atom stereocenters. The summed E-state index contributed by atoms with van der Waals surface area (Å²) in [6.45, 7) is 4.10. The van der Waals surface area contributed by atoms with Gasteiger partial charge < -0.3 is 4.74 Å². The number of aryl methyl sites for hydroxylation is 1. The van der Waals surface area contributed by atoms with E-state index in [1.54, 1.807) is 6.92 Å². The van der Waals surface area contributed by atoms with E-state index in [-0.39, 0.29) is 12.4 Å². The summed E-state index contributed by atoms with van der Waals surface area (Å²) in [7, 11) is 0. The molecule has 1 aromatic carbocycles. The molecular formula is C12H13N3O2. The molecular weight excluding hydrogens is 218 g/mol. The molecule has 0 bridgehead atoms. The predicted octanol–water partition coefficient (Wildman–Crippen LogP) is 1.44. The highest BCUT2D eigenvalue weighted by atomic mass is 16.5. The SMILES string of the molecule is CCOC(=O)Cc1nnc2ccc(C)cc2n1. The van der Waals surface area contributed by atoms with E-state index in [0.29, 0.717) is 12.4 Å². The lowest BCUT2D eigenvalue weighted by molar-refractivity contribution is -0.142. The summed E-state index contributed by atoms with van der Waals surface area (Å²) >= 11 is 0. The second kappa shape index (κ2) is 4.86. The normalized spacial score (nSPS) is 10.5. The van der Waals surface area contributed by atoms with Crippen molar-refractivity contribution in [1.82, 2.24) is 15.2 Å². The molecule has 5 nitrogen and oxygen atoms in total. The number of benzene rings is 1. The predicted molar refractivity (Wildman–Crippen MR) is 62.4 cm³/mol. The van der Waals surface area contributed by atoms with Crippen LogP contribution in [0.3, 0.4) is 0 Å². The summed E-state index contributed by atoms with van der Waals surface area (Å²) in [5, 5.41) is 7.91. The van der Waals surface area contributed by atoms with Crippen molar-refractivity contribution in [1.29, 1.82) is 0 Å². The van der Waals surface area contributed by atoms with Gasteiger partial charge in [0, 0.05) is 0 Å². The van der Waals surface area contributed by atoms with E-state index in [2.05, 4.69) is 15.2 Å². The molecule has 88 valence electrons. The first kappa shape index (κ1) is 11.4. The van der Waals surface area contributed by atoms with E-state index in [9.17, 15) is 4.79 Å². The van der Waals surface area contributed by atoms with Crippen LogP contribution in [-0.2, 0) is 16.0 Å². The van der Waals surface area contributed by atoms with Gasteiger partial charge in [0.05, 0.1) is 12.1 Å². The molecule has 5 heteroatoms. The van der Waals surface area contributed by atoms with Crippen molar-refractivity contribution in [3.8, 4) is 0 Å². The third kappa shape index (κ3) is 2.75. The minimum Gasteiger partial charge on any atom is -0.466 e. The highest BCUT2D eigenvalue weighted by Crippen LogP contribution is 2.10. The monoisotopic (exact) mass is 231 g/mol. The molecule has 1 aromatic heterocycles. The maximum atomic E-state index is 11.3. The summed E-state index contributed by atoms with van der Waals surface area (Å²) in [5.74, 6) is 0.0582. The van der Waals surface area contributed by atoms with Crippen LogP contribution in [0.15, 0.2) is 18.2 Å². The topological polar surface area (TPSA) is 65.0 Å². The standard InChI is InChI=1S/C12H13N3O2/c1-3-17-12(16)7-11-13-10-6-8(2)4-5-9(10)14-15-11/h4-6H,3,7H2,1-2H3. The Morgan fingerprint density at radius 3 is 2.88 bits per heavy atom. The van der Waals surface area contributed by atoms with Gasteiger partial charge in [-0.05, 0) is 31.5 Å². The molecule has 0 fully saturated rings. The van der Waals surface area contributed by atoms with Gasteiger partial charge in [0.15, 0.2) is 5.82 Å². The molecule has 0 N–H and O–H groups in total. The van der Waals surface area contributed by atoms with E-state index >= 15 is 0 Å². The number of carbonyl (C=O) groups excluding carboxylic acids is 1. The van der Waals surface area contributed by atoms with Crippen molar-refractivity contribution in [2.45, 2.75) is 20.3 Å². The molecule has 0 radical (unpaired) electrons. The smallest absolute Gasteiger partial charge is 0.313 e. The van der Waals surface area contributed by atoms with Crippen molar-refractivity contribution in [3.63, 3.8) is 0 Å². The average molecular weight is 231 g/mol. The molecule has 0 saturated carbocycles. The van der Waals surface area contributed by atoms with Crippen LogP contribution in [-0.4, -0.2) is 27.8 Å². The summed E-state index contributed by atoms with van der Waals surface area (Å²) in [6.07, 6.45) is 0.0602. The number of fused-ring (bicyclic) bond motifs is 1. The highest BCUT2D eigenvalue weighted by molar-refractivity contribution is 5.75. The Morgan fingerprint density at radius 2 is 2.12 bits per heavy atom. The van der Waals surface area contributed by atoms with Crippen molar-refractivity contribution < 1.29 is 9.53 Å². The van der Waals surface area contributed by atoms with Crippen LogP contribution in [0.5, 0.6) is 0 Å². The molecule has 0 spiro atoms. The van der Waals surface area contributed by atoms with E-state index in [0.717, 1.165) is 16.6 Å². The summed E-state index contributed by atoms with van der Waals surface area (Å²) in [5.41, 5.74) is 2.57. The molecule has 0 saturated heterocycles. The lowest BCUT2D eigenvalue weighted by atomic mass is 10.2. The van der Waals surface area contributed by atoms with Gasteiger partial charge in [0.25, 0.3) is 0 Å². The van der Waals surface area contributed by atoms with E-state index in [1.165, 1.54) is 0 Å². The van der Waals surface area contributed by atoms with Gasteiger partial charge in [-0.15, -0.1) is 10.2 Å². The number of hydrogen-bond acceptors (Lipinski definition) is 5. The van der Waals surface area contributed by atoms with E-state index in [4.69, 9.17) is 4.74 Å². The fourth-order valence-corrected chi connectivity index (χ4v) is 1.50. The first-order valence-corrected chi connectivity index (χ1v) is 5.44. The maximum Gasteiger partial charge on any atom is 0.313 e. The third-order valence-electron chi connectivity index (χ3n) is 2.26. The number of ether oxygens (including phenoxy) is 1. The summed E-state index contributed by atoms with van der Waals surface area (Å²) < 4.78 is 4.83. The minimum atomic E-state index is -0.332. The first-order chi connectivity index (χ1) is 8.19. The van der Waals surface area contributed by atoms with Crippen LogP contribution in [0, 0.1) is 6.92 Å². The van der Waals surface area contributed by atoms with Crippen molar-refractivity contribution in [3.05, 3.63) is 29.6 Å². The zero-order chi connectivity index (χ0) is 12.3. The van der Waals surface area contributed by atoms with Crippen molar-refractivity contribution in [2.75, 3.05) is 6.61 Å². The molecule has 0 amide bonds. The van der Waals surface area contributed by atoms with Crippen LogP contribution in [0.2, 0.25) is 0 Å². The Labute approximate surface area is 98.8 Å². The van der Waals surface area contributed by atoms with E-state index in [1.807, 2.05) is 25.1 Å². The molecule has 0 atom stereocenters. The Bertz CT molecular complexity index is 554. The van der Waals surface area contributed by atoms with Crippen molar-refractivity contribution in [2.24, 2.45) is 0 Å². The summed E-state index contributed by atoms with van der Waals surface area (Å²) in [4.78, 5) is 15.6. The summed E-state index contributed by atoms with van der Waals surface area (Å²) in [6, 6.07) is 5.72. The Hall–Kier alpha value is -2.04. The molecule has 2 aromatic rings. The van der Waals surface area contributed by atoms with Gasteiger partial charge >= 0.3 is 5.97 Å². The van der Waals surface area contributed by atoms with Crippen LogP contribution >= 0.6 is 0 Å². The number of nitrogens with zero attached hydrogens (tertiary/aromatic N) is 3. The minimum absolute atomic E-state index is 0.0602. The average Bonchev–Trinajstić information content (AvgIpc) is 2.28. The molecule has 2 rings (SSSR count). The quantitative estimate of drug-likeness (QED) is 0.748. The highest BCUT2D eigenvalue weighted by Gasteiger charge is 2.08. The second-order valence-corrected chi connectivity index (χ2v) is 3.70. The number of esters is 1. The largest absolute Gasteiger partial charge is 0.466 e. The Kier molecular flexibility index (Phi) is 3.27. The van der Waals surface area contributed by atoms with Gasteiger partial charge in [0.2, 0.25) is 0 Å². The van der Waals surface area contributed by atoms with Crippen LogP contribution in [0.25, 0.3) is 11.0 Å². The van der Waals surface area contributed by atoms with Crippen LogP contribution in [0.4, 0.5) is 0 Å². The van der Waals surface area contributed by atoms with Gasteiger partial charge in [-0.3, -0.25) is 4.79 Å². The molecule has 0 aliphatic carbocycles. The molecule has 0 aliphatic heterocycles. The number of hydrogen-bond donors (Lipinski definition) is 0. The van der Waals surface area contributed by atoms with Crippen LogP contribution < -0.4 is 0 Å². The van der Waals surface area contributed by atoms with Crippen LogP contribution in [0.1, 0.15) is 18.3 Å². The van der Waals surface area contributed by atoms with Gasteiger partial charge in [-0.1, -0.05) is 6.07 Å². The van der Waals surface area contributed by atoms with Crippen molar-refractivity contribution >= 4 is 17.0 Å². The van der Waals surface area contributed by atoms with Gasteiger partial charge in [0.1, 0.15) is 11.9 Å². The third-order valence-corrected chi connectivity index (χ3v) is 2.26. The lowest BCUT2D eigenvalue weighted by Crippen LogP contribution is -2.11. The van der Waals surface area contributed by atoms with Gasteiger partial charge in [-0.25, -0.2) is 4.98 Å². The number of rotatable bonds is 3. The fourth-order valence-electron chi connectivity index (χ4n) is 1.50. The molecule has 17 heavy (non-hydrogen) atoms. The second-order valence-electron chi connectivity index (χ2n) is 3.70. The molecule has 0 aliphatic rings. The van der Waals surface area contributed by atoms with Gasteiger partial charge in [-0.2, -0.15) is 0 Å². The zero-order valence-corrected chi connectivity index (χ0v) is 9.80. The molecule has 1 heterocycles. The number of aromatic nitrogens is 3. The number of carbonyl (C=O) groups is 1. The Balaban J connectivity index is 2.27. The maximum absolute atomic E-state index is 11.3. The lowest BCUT2D eigenvalue weighted by Gasteiger charge is -2.02. The van der Waals surface area contributed by atoms with E-state index < -0.39 is 0 Å². The Morgan fingerprint density at radius 1 is 1.29 bits per heavy atom. The zero-order valence-electron chi connectivity index (χ0n) is 9.80. The first-order valence-electron chi connectivity index (χ1n) is 5.44. The fraction of sp³-hybridized carbons (Fsp3) is 0.333.